The zero-order valence-corrected chi connectivity index (χ0v) is 17.7. The Morgan fingerprint density at radius 2 is 1.48 bits per heavy atom. The first-order valence-electron chi connectivity index (χ1n) is 11.6. The van der Waals surface area contributed by atoms with Crippen LogP contribution >= 0.6 is 11.6 Å². The molecule has 0 aliphatic heterocycles. The molecule has 4 unspecified atom stereocenters. The number of hydrogen-bond donors (Lipinski definition) is 0. The quantitative estimate of drug-likeness (QED) is 0.484. The molecule has 0 spiro atoms. The summed E-state index contributed by atoms with van der Waals surface area (Å²) in [5, 5.41) is 0.248. The second-order valence-electron chi connectivity index (χ2n) is 9.85. The molecule has 0 heterocycles. The maximum Gasteiger partial charge on any atom is 0.142 e. The van der Waals surface area contributed by atoms with Crippen LogP contribution in [0.4, 0.5) is 4.39 Å². The molecule has 0 amide bonds. The van der Waals surface area contributed by atoms with Crippen molar-refractivity contribution in [2.24, 2.45) is 29.6 Å². The van der Waals surface area contributed by atoms with E-state index in [1.807, 2.05) is 6.07 Å². The van der Waals surface area contributed by atoms with E-state index in [4.69, 9.17) is 11.6 Å². The van der Waals surface area contributed by atoms with Gasteiger partial charge in [-0.25, -0.2) is 4.39 Å². The lowest BCUT2D eigenvalue weighted by Crippen LogP contribution is -2.34. The van der Waals surface area contributed by atoms with Crippen molar-refractivity contribution in [2.75, 3.05) is 0 Å². The highest BCUT2D eigenvalue weighted by atomic mass is 35.5. The molecule has 27 heavy (non-hydrogen) atoms. The molecule has 0 nitrogen and oxygen atoms in total. The van der Waals surface area contributed by atoms with Crippen molar-refractivity contribution in [2.45, 2.75) is 89.9 Å². The van der Waals surface area contributed by atoms with Crippen LogP contribution in [0.5, 0.6) is 0 Å². The number of halogens is 2. The Balaban J connectivity index is 1.28. The summed E-state index contributed by atoms with van der Waals surface area (Å²) in [6.45, 7) is 2.34. The molecule has 0 aromatic heterocycles. The van der Waals surface area contributed by atoms with E-state index in [-0.39, 0.29) is 10.8 Å². The Hall–Kier alpha value is -0.560. The largest absolute Gasteiger partial charge is 0.205 e. The summed E-state index contributed by atoms with van der Waals surface area (Å²) in [4.78, 5) is 0. The van der Waals surface area contributed by atoms with E-state index in [0.29, 0.717) is 5.92 Å². The molecule has 1 aromatic carbocycles. The SMILES string of the molecule is CCCC1CCC2CC(C3CCC(c4ccc(Cl)c(F)c4)CC3)CCC2C1. The van der Waals surface area contributed by atoms with E-state index in [2.05, 4.69) is 6.92 Å². The number of rotatable bonds is 4. The van der Waals surface area contributed by atoms with E-state index in [1.165, 1.54) is 77.0 Å². The molecule has 150 valence electrons. The summed E-state index contributed by atoms with van der Waals surface area (Å²) in [5.41, 5.74) is 1.16. The van der Waals surface area contributed by atoms with Crippen LogP contribution in [0, 0.1) is 35.4 Å². The molecule has 4 rings (SSSR count). The Labute approximate surface area is 170 Å². The zero-order valence-electron chi connectivity index (χ0n) is 16.9. The van der Waals surface area contributed by atoms with Crippen LogP contribution in [0.15, 0.2) is 18.2 Å². The van der Waals surface area contributed by atoms with Crippen LogP contribution in [-0.4, -0.2) is 0 Å². The van der Waals surface area contributed by atoms with E-state index < -0.39 is 0 Å². The van der Waals surface area contributed by atoms with Crippen molar-refractivity contribution in [1.29, 1.82) is 0 Å². The first kappa shape index (κ1) is 19.7. The first-order chi connectivity index (χ1) is 13.1. The van der Waals surface area contributed by atoms with Crippen LogP contribution in [0.2, 0.25) is 5.02 Å². The highest BCUT2D eigenvalue weighted by Crippen LogP contribution is 2.50. The molecule has 3 saturated carbocycles. The third kappa shape index (κ3) is 4.55. The summed E-state index contributed by atoms with van der Waals surface area (Å²) in [6, 6.07) is 5.44. The highest BCUT2D eigenvalue weighted by molar-refractivity contribution is 6.30. The van der Waals surface area contributed by atoms with Crippen LogP contribution in [0.3, 0.4) is 0 Å². The predicted octanol–water partition coefficient (Wildman–Crippen LogP) is 8.39. The highest BCUT2D eigenvalue weighted by Gasteiger charge is 2.38. The van der Waals surface area contributed by atoms with Crippen molar-refractivity contribution >= 4 is 11.6 Å². The molecule has 4 atom stereocenters. The minimum absolute atomic E-state index is 0.248. The smallest absolute Gasteiger partial charge is 0.142 e. The van der Waals surface area contributed by atoms with Gasteiger partial charge in [0.15, 0.2) is 0 Å². The molecule has 1 aromatic rings. The third-order valence-corrected chi connectivity index (χ3v) is 8.62. The van der Waals surface area contributed by atoms with Gasteiger partial charge < -0.3 is 0 Å². The van der Waals surface area contributed by atoms with Gasteiger partial charge in [-0.3, -0.25) is 0 Å². The minimum atomic E-state index is -0.256. The van der Waals surface area contributed by atoms with Gasteiger partial charge in [0.05, 0.1) is 5.02 Å². The maximum atomic E-state index is 13.8. The Bertz CT molecular complexity index is 619. The van der Waals surface area contributed by atoms with Gasteiger partial charge in [0.25, 0.3) is 0 Å². The fourth-order valence-corrected chi connectivity index (χ4v) is 6.93. The van der Waals surface area contributed by atoms with Gasteiger partial charge in [0, 0.05) is 0 Å². The van der Waals surface area contributed by atoms with Crippen molar-refractivity contribution < 1.29 is 4.39 Å². The summed E-state index contributed by atoms with van der Waals surface area (Å²) in [6.07, 6.45) is 17.0. The zero-order chi connectivity index (χ0) is 18.8. The van der Waals surface area contributed by atoms with Crippen molar-refractivity contribution in [3.63, 3.8) is 0 Å². The fraction of sp³-hybridized carbons (Fsp3) is 0.760. The van der Waals surface area contributed by atoms with Gasteiger partial charge in [-0.15, -0.1) is 0 Å². The molecule has 3 aliphatic carbocycles. The average Bonchev–Trinajstić information content (AvgIpc) is 2.70. The minimum Gasteiger partial charge on any atom is -0.205 e. The van der Waals surface area contributed by atoms with Gasteiger partial charge in [0.1, 0.15) is 5.82 Å². The molecule has 0 bridgehead atoms. The second-order valence-corrected chi connectivity index (χ2v) is 10.3. The van der Waals surface area contributed by atoms with Crippen LogP contribution in [0.25, 0.3) is 0 Å². The van der Waals surface area contributed by atoms with Gasteiger partial charge in [-0.1, -0.05) is 43.9 Å². The summed E-state index contributed by atoms with van der Waals surface area (Å²) in [7, 11) is 0. The fourth-order valence-electron chi connectivity index (χ4n) is 6.81. The van der Waals surface area contributed by atoms with Crippen LogP contribution in [-0.2, 0) is 0 Å². The van der Waals surface area contributed by atoms with E-state index in [1.54, 1.807) is 12.1 Å². The molecule has 3 fully saturated rings. The van der Waals surface area contributed by atoms with E-state index in [0.717, 1.165) is 35.2 Å². The monoisotopic (exact) mass is 390 g/mol. The van der Waals surface area contributed by atoms with E-state index >= 15 is 0 Å². The predicted molar refractivity (Wildman–Crippen MR) is 113 cm³/mol. The van der Waals surface area contributed by atoms with Gasteiger partial charge in [-0.05, 0) is 111 Å². The molecular formula is C25H36ClF. The molecule has 3 aliphatic rings. The third-order valence-electron chi connectivity index (χ3n) is 8.31. The van der Waals surface area contributed by atoms with Gasteiger partial charge >= 0.3 is 0 Å². The standard InChI is InChI=1S/C25H36ClF/c1-2-3-17-4-5-22-15-21(11-10-20(22)14-17)18-6-8-19(9-7-18)23-12-13-24(26)25(27)16-23/h12-13,16-22H,2-11,14-15H2,1H3. The Kier molecular flexibility index (Phi) is 6.47. The second kappa shape index (κ2) is 8.85. The van der Waals surface area contributed by atoms with E-state index in [9.17, 15) is 4.39 Å². The lowest BCUT2D eigenvalue weighted by molar-refractivity contribution is 0.0618. The lowest BCUT2D eigenvalue weighted by atomic mass is 9.60. The Morgan fingerprint density at radius 1 is 0.852 bits per heavy atom. The normalized spacial score (nSPS) is 37.0. The summed E-state index contributed by atoms with van der Waals surface area (Å²) in [5.74, 6) is 5.27. The molecule has 2 heteroatoms. The lowest BCUT2D eigenvalue weighted by Gasteiger charge is -2.45. The van der Waals surface area contributed by atoms with Crippen LogP contribution in [0.1, 0.15) is 95.5 Å². The number of benzene rings is 1. The summed E-state index contributed by atoms with van der Waals surface area (Å²) >= 11 is 5.85. The molecule has 0 radical (unpaired) electrons. The van der Waals surface area contributed by atoms with Crippen LogP contribution < -0.4 is 0 Å². The molecule has 0 N–H and O–H groups in total. The van der Waals surface area contributed by atoms with Crippen molar-refractivity contribution in [3.8, 4) is 0 Å². The number of fused-ring (bicyclic) bond motifs is 1. The van der Waals surface area contributed by atoms with Gasteiger partial charge in [-0.2, -0.15) is 0 Å². The molecule has 0 saturated heterocycles. The Morgan fingerprint density at radius 3 is 2.19 bits per heavy atom. The van der Waals surface area contributed by atoms with Crippen molar-refractivity contribution in [1.82, 2.24) is 0 Å². The van der Waals surface area contributed by atoms with Gasteiger partial charge in [0.2, 0.25) is 0 Å². The maximum absolute atomic E-state index is 13.8. The number of hydrogen-bond acceptors (Lipinski definition) is 0. The average molecular weight is 391 g/mol. The first-order valence-corrected chi connectivity index (χ1v) is 12.0. The molecular weight excluding hydrogens is 355 g/mol. The topological polar surface area (TPSA) is 0 Å². The summed E-state index contributed by atoms with van der Waals surface area (Å²) < 4.78 is 13.8. The van der Waals surface area contributed by atoms with Crippen molar-refractivity contribution in [3.05, 3.63) is 34.6 Å².